The van der Waals surface area contributed by atoms with Crippen LogP contribution in [0.4, 0.5) is 0 Å². The number of benzene rings is 1. The molecule has 2 aliphatic rings. The minimum absolute atomic E-state index is 0.187. The molecule has 0 bridgehead atoms. The van der Waals surface area contributed by atoms with Crippen molar-refractivity contribution in [2.24, 2.45) is 0 Å². The van der Waals surface area contributed by atoms with Crippen LogP contribution in [0.5, 0.6) is 0 Å². The smallest absolute Gasteiger partial charge is 0.243 e. The fraction of sp³-hybridized carbons (Fsp3) is 0.304. The van der Waals surface area contributed by atoms with E-state index in [9.17, 15) is 14.4 Å². The average Bonchev–Trinajstić information content (AvgIpc) is 3.51. The first-order valence-electron chi connectivity index (χ1n) is 10.3. The Hall–Kier alpha value is -3.68. The lowest BCUT2D eigenvalue weighted by Gasteiger charge is -2.20. The number of fused-ring (bicyclic) bond motifs is 1. The molecule has 0 N–H and O–H groups in total. The monoisotopic (exact) mass is 417 g/mol. The highest BCUT2D eigenvalue weighted by atomic mass is 16.2. The van der Waals surface area contributed by atoms with Gasteiger partial charge < -0.3 is 9.47 Å². The molecule has 8 nitrogen and oxygen atoms in total. The van der Waals surface area contributed by atoms with Crippen molar-refractivity contribution in [3.05, 3.63) is 65.1 Å². The molecule has 0 aliphatic carbocycles. The molecule has 31 heavy (non-hydrogen) atoms. The van der Waals surface area contributed by atoms with Gasteiger partial charge >= 0.3 is 0 Å². The Morgan fingerprint density at radius 3 is 2.39 bits per heavy atom. The van der Waals surface area contributed by atoms with Gasteiger partial charge in [0.1, 0.15) is 12.4 Å². The van der Waals surface area contributed by atoms with Crippen LogP contribution in [-0.2, 0) is 27.5 Å². The summed E-state index contributed by atoms with van der Waals surface area (Å²) < 4.78 is 3.93. The number of nitrogens with zero attached hydrogens (tertiary/aromatic N) is 5. The molecule has 1 fully saturated rings. The van der Waals surface area contributed by atoms with Gasteiger partial charge in [-0.05, 0) is 49.2 Å². The number of hydrogen-bond donors (Lipinski definition) is 0. The van der Waals surface area contributed by atoms with Crippen molar-refractivity contribution in [3.8, 4) is 11.5 Å². The Bertz CT molecular complexity index is 1190. The lowest BCUT2D eigenvalue weighted by Crippen LogP contribution is -2.40. The third-order valence-corrected chi connectivity index (χ3v) is 6.11. The van der Waals surface area contributed by atoms with Gasteiger partial charge in [0.25, 0.3) is 0 Å². The molecule has 158 valence electrons. The summed E-state index contributed by atoms with van der Waals surface area (Å²) in [5.41, 5.74) is 5.17. The van der Waals surface area contributed by atoms with E-state index in [2.05, 4.69) is 26.0 Å². The molecule has 0 saturated carbocycles. The number of likely N-dealkylation sites (tertiary alicyclic amines) is 1. The van der Waals surface area contributed by atoms with Crippen molar-refractivity contribution in [2.45, 2.75) is 39.8 Å². The van der Waals surface area contributed by atoms with Gasteiger partial charge in [-0.2, -0.15) is 5.10 Å². The fourth-order valence-corrected chi connectivity index (χ4v) is 4.19. The molecule has 0 spiro atoms. The number of imide groups is 1. The van der Waals surface area contributed by atoms with Crippen LogP contribution in [0.25, 0.3) is 11.5 Å². The van der Waals surface area contributed by atoms with Crippen molar-refractivity contribution in [1.29, 1.82) is 0 Å². The normalized spacial score (nSPS) is 15.8. The van der Waals surface area contributed by atoms with Crippen molar-refractivity contribution in [2.75, 3.05) is 6.54 Å². The molecule has 0 atom stereocenters. The standard InChI is InChI=1S/C23H23N5O3/c1-15-5-6-17(11-16(15)2)28-23(25-9-3-4-10-25)18-12-26(13-19(18)24-28)22(31)14-27-20(29)7-8-21(27)30/h3-6,9-11H,7-8,12-14H2,1-2H3. The molecule has 0 radical (unpaired) electrons. The summed E-state index contributed by atoms with van der Waals surface area (Å²) in [7, 11) is 0. The topological polar surface area (TPSA) is 80.4 Å². The number of rotatable bonds is 4. The number of hydrogen-bond acceptors (Lipinski definition) is 4. The van der Waals surface area contributed by atoms with Crippen LogP contribution in [0.3, 0.4) is 0 Å². The van der Waals surface area contributed by atoms with E-state index in [1.807, 2.05) is 39.8 Å². The predicted octanol–water partition coefficient (Wildman–Crippen LogP) is 2.27. The van der Waals surface area contributed by atoms with Crippen LogP contribution in [0.1, 0.15) is 35.2 Å². The SMILES string of the molecule is Cc1ccc(-n2nc3c(c2-n2cccc2)CN(C(=O)CN2C(=O)CCC2=O)C3)cc1C. The summed E-state index contributed by atoms with van der Waals surface area (Å²) in [6.45, 7) is 4.71. The summed E-state index contributed by atoms with van der Waals surface area (Å²) in [4.78, 5) is 39.3. The lowest BCUT2D eigenvalue weighted by atomic mass is 10.1. The quantitative estimate of drug-likeness (QED) is 0.610. The highest BCUT2D eigenvalue weighted by Gasteiger charge is 2.35. The Morgan fingerprint density at radius 2 is 1.71 bits per heavy atom. The van der Waals surface area contributed by atoms with Gasteiger partial charge in [-0.3, -0.25) is 19.3 Å². The molecular formula is C23H23N5O3. The molecule has 2 aliphatic heterocycles. The van der Waals surface area contributed by atoms with E-state index in [0.29, 0.717) is 13.1 Å². The number of carbonyl (C=O) groups is 3. The second-order valence-electron chi connectivity index (χ2n) is 8.14. The summed E-state index contributed by atoms with van der Waals surface area (Å²) >= 11 is 0. The Balaban J connectivity index is 1.47. The van der Waals surface area contributed by atoms with Crippen molar-refractivity contribution >= 4 is 17.7 Å². The van der Waals surface area contributed by atoms with Gasteiger partial charge in [0.15, 0.2) is 0 Å². The maximum atomic E-state index is 12.8. The largest absolute Gasteiger partial charge is 0.331 e. The third-order valence-electron chi connectivity index (χ3n) is 6.11. The van der Waals surface area contributed by atoms with Crippen LogP contribution < -0.4 is 0 Å². The first-order valence-corrected chi connectivity index (χ1v) is 10.3. The van der Waals surface area contributed by atoms with E-state index < -0.39 is 0 Å². The Kier molecular flexibility index (Phi) is 4.50. The van der Waals surface area contributed by atoms with E-state index >= 15 is 0 Å². The van der Waals surface area contributed by atoms with Crippen molar-refractivity contribution < 1.29 is 14.4 Å². The summed E-state index contributed by atoms with van der Waals surface area (Å²) in [5, 5.41) is 4.84. The molecule has 8 heteroatoms. The van der Waals surface area contributed by atoms with Gasteiger partial charge in [0.2, 0.25) is 17.7 Å². The molecule has 3 amide bonds. The molecule has 5 rings (SSSR count). The number of aromatic nitrogens is 3. The summed E-state index contributed by atoms with van der Waals surface area (Å²) in [6, 6.07) is 10.1. The van der Waals surface area contributed by atoms with Crippen LogP contribution in [0, 0.1) is 13.8 Å². The van der Waals surface area contributed by atoms with Crippen LogP contribution in [0.2, 0.25) is 0 Å². The van der Waals surface area contributed by atoms with Crippen LogP contribution >= 0.6 is 0 Å². The number of aryl methyl sites for hydroxylation is 2. The Morgan fingerprint density at radius 1 is 1.00 bits per heavy atom. The third kappa shape index (κ3) is 3.24. The van der Waals surface area contributed by atoms with E-state index in [1.165, 1.54) is 11.1 Å². The van der Waals surface area contributed by atoms with E-state index in [-0.39, 0.29) is 37.1 Å². The molecular weight excluding hydrogens is 394 g/mol. The number of carbonyl (C=O) groups excluding carboxylic acids is 3. The zero-order valence-corrected chi connectivity index (χ0v) is 17.5. The molecule has 3 aromatic rings. The highest BCUT2D eigenvalue weighted by Crippen LogP contribution is 2.31. The maximum Gasteiger partial charge on any atom is 0.243 e. The Labute approximate surface area is 179 Å². The maximum absolute atomic E-state index is 12.8. The average molecular weight is 417 g/mol. The molecule has 1 aromatic carbocycles. The molecule has 2 aromatic heterocycles. The van der Waals surface area contributed by atoms with Gasteiger partial charge in [-0.15, -0.1) is 0 Å². The minimum atomic E-state index is -0.275. The highest BCUT2D eigenvalue weighted by molar-refractivity contribution is 6.04. The first kappa shape index (κ1) is 19.3. The second-order valence-corrected chi connectivity index (χ2v) is 8.14. The van der Waals surface area contributed by atoms with Crippen LogP contribution in [-0.4, -0.2) is 48.4 Å². The van der Waals surface area contributed by atoms with Gasteiger partial charge in [-0.1, -0.05) is 6.07 Å². The van der Waals surface area contributed by atoms with Gasteiger partial charge in [-0.25, -0.2) is 4.68 Å². The lowest BCUT2D eigenvalue weighted by molar-refractivity contribution is -0.145. The van der Waals surface area contributed by atoms with E-state index in [0.717, 1.165) is 27.7 Å². The minimum Gasteiger partial charge on any atom is -0.331 e. The summed E-state index contributed by atoms with van der Waals surface area (Å²) in [6.07, 6.45) is 4.29. The predicted molar refractivity (Wildman–Crippen MR) is 113 cm³/mol. The first-order chi connectivity index (χ1) is 14.9. The zero-order valence-electron chi connectivity index (χ0n) is 17.5. The molecule has 4 heterocycles. The van der Waals surface area contributed by atoms with Crippen molar-refractivity contribution in [1.82, 2.24) is 24.1 Å². The molecule has 0 unspecified atom stereocenters. The van der Waals surface area contributed by atoms with Crippen LogP contribution in [0.15, 0.2) is 42.7 Å². The fourth-order valence-electron chi connectivity index (χ4n) is 4.19. The van der Waals surface area contributed by atoms with Gasteiger partial charge in [0, 0.05) is 30.8 Å². The summed E-state index contributed by atoms with van der Waals surface area (Å²) in [5.74, 6) is 0.108. The van der Waals surface area contributed by atoms with Crippen molar-refractivity contribution in [3.63, 3.8) is 0 Å². The van der Waals surface area contributed by atoms with E-state index in [4.69, 9.17) is 5.10 Å². The molecule has 1 saturated heterocycles. The second kappa shape index (κ2) is 7.23. The van der Waals surface area contributed by atoms with Gasteiger partial charge in [0.05, 0.1) is 24.5 Å². The van der Waals surface area contributed by atoms with E-state index in [1.54, 1.807) is 4.90 Å². The number of amides is 3. The zero-order chi connectivity index (χ0) is 21.7.